The molecule has 0 spiro atoms. The minimum absolute atomic E-state index is 0. The quantitative estimate of drug-likeness (QED) is 0.380. The summed E-state index contributed by atoms with van der Waals surface area (Å²) in [5.74, 6) is 0.356. The van der Waals surface area contributed by atoms with Gasteiger partial charge in [0.1, 0.15) is 0 Å². The summed E-state index contributed by atoms with van der Waals surface area (Å²) in [6, 6.07) is 9.88. The highest BCUT2D eigenvalue weighted by Gasteiger charge is 2.27. The van der Waals surface area contributed by atoms with E-state index < -0.39 is 10.0 Å². The van der Waals surface area contributed by atoms with Crippen molar-refractivity contribution in [2.75, 3.05) is 19.3 Å². The molecule has 0 bridgehead atoms. The fourth-order valence-electron chi connectivity index (χ4n) is 1.90. The highest BCUT2D eigenvalue weighted by molar-refractivity contribution is 14.0. The van der Waals surface area contributed by atoms with Crippen LogP contribution in [0.15, 0.2) is 35.3 Å². The van der Waals surface area contributed by atoms with Crippen LogP contribution in [0.25, 0.3) is 0 Å². The molecule has 1 saturated carbocycles. The zero-order valence-corrected chi connectivity index (χ0v) is 15.8. The van der Waals surface area contributed by atoms with E-state index in [1.165, 1.54) is 0 Å². The lowest BCUT2D eigenvalue weighted by Crippen LogP contribution is -2.36. The van der Waals surface area contributed by atoms with Gasteiger partial charge in [-0.05, 0) is 18.4 Å². The van der Waals surface area contributed by atoms with Gasteiger partial charge >= 0.3 is 0 Å². The number of hydrogen-bond acceptors (Lipinski definition) is 3. The van der Waals surface area contributed by atoms with Gasteiger partial charge in [-0.25, -0.2) is 13.1 Å². The third kappa shape index (κ3) is 6.49. The molecule has 0 heterocycles. The summed E-state index contributed by atoms with van der Waals surface area (Å²) < 4.78 is 26.3. The van der Waals surface area contributed by atoms with E-state index in [2.05, 4.69) is 9.71 Å². The highest BCUT2D eigenvalue weighted by Crippen LogP contribution is 2.24. The summed E-state index contributed by atoms with van der Waals surface area (Å²) in [6.45, 7) is 0.470. The summed E-state index contributed by atoms with van der Waals surface area (Å²) >= 11 is 0. The van der Waals surface area contributed by atoms with Gasteiger partial charge in [0.15, 0.2) is 5.96 Å². The van der Waals surface area contributed by atoms with Crippen LogP contribution in [0.5, 0.6) is 0 Å². The first-order chi connectivity index (χ1) is 9.98. The van der Waals surface area contributed by atoms with Crippen molar-refractivity contribution in [1.82, 2.24) is 9.62 Å². The minimum atomic E-state index is -3.34. The molecule has 0 atom stereocenters. The Morgan fingerprint density at radius 2 is 2.00 bits per heavy atom. The summed E-state index contributed by atoms with van der Waals surface area (Å²) in [6.07, 6.45) is 2.26. The van der Waals surface area contributed by atoms with Crippen molar-refractivity contribution >= 4 is 40.0 Å². The Balaban J connectivity index is 0.00000242. The lowest BCUT2D eigenvalue weighted by Gasteiger charge is -2.16. The number of sulfonamides is 1. The Morgan fingerprint density at radius 3 is 2.59 bits per heavy atom. The highest BCUT2D eigenvalue weighted by atomic mass is 127. The van der Waals surface area contributed by atoms with Crippen molar-refractivity contribution in [3.63, 3.8) is 0 Å². The lowest BCUT2D eigenvalue weighted by molar-refractivity contribution is 0.488. The number of benzene rings is 1. The van der Waals surface area contributed by atoms with E-state index in [0.29, 0.717) is 18.5 Å². The molecule has 8 heteroatoms. The fourth-order valence-corrected chi connectivity index (χ4v) is 2.76. The average Bonchev–Trinajstić information content (AvgIpc) is 3.30. The smallest absolute Gasteiger partial charge is 0.213 e. The van der Waals surface area contributed by atoms with Crippen LogP contribution in [0.1, 0.15) is 18.4 Å². The number of nitrogens with two attached hydrogens (primary N) is 1. The van der Waals surface area contributed by atoms with E-state index in [0.717, 1.165) is 18.4 Å². The van der Waals surface area contributed by atoms with Crippen LogP contribution in [0.2, 0.25) is 0 Å². The molecule has 124 valence electrons. The molecule has 0 unspecified atom stereocenters. The Labute approximate surface area is 149 Å². The first kappa shape index (κ1) is 19.2. The maximum atomic E-state index is 11.9. The Hall–Kier alpha value is -0.870. The second kappa shape index (κ2) is 8.68. The largest absolute Gasteiger partial charge is 0.370 e. The minimum Gasteiger partial charge on any atom is -0.370 e. The van der Waals surface area contributed by atoms with Crippen molar-refractivity contribution in [3.8, 4) is 0 Å². The molecule has 1 aromatic rings. The van der Waals surface area contributed by atoms with Crippen LogP contribution >= 0.6 is 24.0 Å². The van der Waals surface area contributed by atoms with Gasteiger partial charge in [-0.1, -0.05) is 30.3 Å². The molecule has 22 heavy (non-hydrogen) atoms. The second-order valence-corrected chi connectivity index (χ2v) is 7.13. The van der Waals surface area contributed by atoms with Crippen molar-refractivity contribution < 1.29 is 8.42 Å². The average molecular weight is 438 g/mol. The number of aliphatic imine (C=N–C) groups is 1. The molecule has 3 N–H and O–H groups in total. The number of nitrogens with zero attached hydrogens (tertiary/aromatic N) is 2. The van der Waals surface area contributed by atoms with E-state index in [1.54, 1.807) is 0 Å². The number of rotatable bonds is 7. The SMILES string of the molecule is CN(C(N)=NCCS(=O)(=O)NCc1ccccc1)C1CC1.I. The predicted molar refractivity (Wildman–Crippen MR) is 99.8 cm³/mol. The molecule has 6 nitrogen and oxygen atoms in total. The normalized spacial score (nSPS) is 15.2. The van der Waals surface area contributed by atoms with Gasteiger partial charge in [-0.15, -0.1) is 24.0 Å². The maximum absolute atomic E-state index is 11.9. The molecule has 1 fully saturated rings. The summed E-state index contributed by atoms with van der Waals surface area (Å²) in [5.41, 5.74) is 6.74. The predicted octanol–water partition coefficient (Wildman–Crippen LogP) is 1.13. The van der Waals surface area contributed by atoms with E-state index in [1.807, 2.05) is 42.3 Å². The van der Waals surface area contributed by atoms with Crippen LogP contribution in [-0.2, 0) is 16.6 Å². The molecule has 1 aliphatic carbocycles. The van der Waals surface area contributed by atoms with Crippen LogP contribution in [0.4, 0.5) is 0 Å². The van der Waals surface area contributed by atoms with E-state index in [4.69, 9.17) is 5.73 Å². The van der Waals surface area contributed by atoms with Crippen molar-refractivity contribution in [2.24, 2.45) is 10.7 Å². The molecule has 1 aromatic carbocycles. The fraction of sp³-hybridized carbons (Fsp3) is 0.500. The van der Waals surface area contributed by atoms with Gasteiger partial charge in [0.05, 0.1) is 12.3 Å². The Kier molecular flexibility index (Phi) is 7.57. The lowest BCUT2D eigenvalue weighted by atomic mass is 10.2. The molecular formula is C14H23IN4O2S. The summed E-state index contributed by atoms with van der Waals surface area (Å²) in [7, 11) is -1.45. The number of nitrogens with one attached hydrogen (secondary N) is 1. The first-order valence-corrected chi connectivity index (χ1v) is 8.67. The molecule has 0 amide bonds. The van der Waals surface area contributed by atoms with Crippen LogP contribution in [-0.4, -0.2) is 44.7 Å². The molecule has 0 radical (unpaired) electrons. The number of halogens is 1. The number of guanidine groups is 1. The monoisotopic (exact) mass is 438 g/mol. The van der Waals surface area contributed by atoms with Gasteiger partial charge in [-0.3, -0.25) is 4.99 Å². The van der Waals surface area contributed by atoms with E-state index >= 15 is 0 Å². The van der Waals surface area contributed by atoms with Crippen molar-refractivity contribution in [2.45, 2.75) is 25.4 Å². The topological polar surface area (TPSA) is 87.8 Å². The van der Waals surface area contributed by atoms with Gasteiger partial charge in [-0.2, -0.15) is 0 Å². The van der Waals surface area contributed by atoms with Crippen LogP contribution < -0.4 is 10.5 Å². The molecule has 0 saturated heterocycles. The molecule has 2 rings (SSSR count). The molecule has 0 aliphatic heterocycles. The molecule has 1 aliphatic rings. The van der Waals surface area contributed by atoms with Crippen molar-refractivity contribution in [3.05, 3.63) is 35.9 Å². The zero-order valence-electron chi connectivity index (χ0n) is 12.6. The van der Waals surface area contributed by atoms with Gasteiger partial charge < -0.3 is 10.6 Å². The van der Waals surface area contributed by atoms with Crippen LogP contribution in [0.3, 0.4) is 0 Å². The van der Waals surface area contributed by atoms with Gasteiger partial charge in [0.25, 0.3) is 0 Å². The van der Waals surface area contributed by atoms with Crippen molar-refractivity contribution in [1.29, 1.82) is 0 Å². The third-order valence-corrected chi connectivity index (χ3v) is 4.73. The Morgan fingerprint density at radius 1 is 1.36 bits per heavy atom. The van der Waals surface area contributed by atoms with Crippen LogP contribution in [0, 0.1) is 0 Å². The van der Waals surface area contributed by atoms with Gasteiger partial charge in [0, 0.05) is 19.6 Å². The van der Waals surface area contributed by atoms with E-state index in [-0.39, 0.29) is 36.3 Å². The summed E-state index contributed by atoms with van der Waals surface area (Å²) in [5, 5.41) is 0. The number of hydrogen-bond donors (Lipinski definition) is 2. The molecular weight excluding hydrogens is 415 g/mol. The van der Waals surface area contributed by atoms with Gasteiger partial charge in [0.2, 0.25) is 10.0 Å². The zero-order chi connectivity index (χ0) is 15.3. The Bertz CT molecular complexity index is 588. The third-order valence-electron chi connectivity index (χ3n) is 3.43. The maximum Gasteiger partial charge on any atom is 0.213 e. The van der Waals surface area contributed by atoms with E-state index in [9.17, 15) is 8.42 Å². The standard InChI is InChI=1S/C14H22N4O2S.HI/c1-18(13-7-8-13)14(15)16-9-10-21(19,20)17-11-12-5-3-2-4-6-12;/h2-6,13,17H,7-11H2,1H3,(H2,15,16);1H. The molecule has 0 aromatic heterocycles. The first-order valence-electron chi connectivity index (χ1n) is 7.02. The summed E-state index contributed by atoms with van der Waals surface area (Å²) in [4.78, 5) is 6.03. The second-order valence-electron chi connectivity index (χ2n) is 5.21.